The summed E-state index contributed by atoms with van der Waals surface area (Å²) in [5.74, 6) is -0.0223. The Morgan fingerprint density at radius 1 is 1.31 bits per heavy atom. The van der Waals surface area contributed by atoms with Gasteiger partial charge in [-0.05, 0) is 0 Å². The second kappa shape index (κ2) is 5.35. The lowest BCUT2D eigenvalue weighted by molar-refractivity contribution is -0.136. The molecule has 1 rings (SSSR count). The van der Waals surface area contributed by atoms with Crippen LogP contribution in [-0.2, 0) is 4.79 Å². The van der Waals surface area contributed by atoms with E-state index in [1.807, 2.05) is 0 Å². The van der Waals surface area contributed by atoms with E-state index in [0.29, 0.717) is 26.2 Å². The molecule has 0 saturated carbocycles. The number of carbonyl (C=O) groups excluding carboxylic acids is 1. The van der Waals surface area contributed by atoms with E-state index in [1.54, 1.807) is 9.80 Å². The minimum Gasteiger partial charge on any atom is -0.340 e. The molecular formula is C9H14BrF3N2O. The molecule has 1 atom stereocenters. The molecule has 7 heteroatoms. The van der Waals surface area contributed by atoms with Crippen molar-refractivity contribution in [2.24, 2.45) is 0 Å². The molecule has 0 radical (unpaired) electrons. The van der Waals surface area contributed by atoms with Gasteiger partial charge in [0.25, 0.3) is 0 Å². The Hall–Kier alpha value is -0.300. The van der Waals surface area contributed by atoms with Gasteiger partial charge >= 0.3 is 6.18 Å². The molecule has 0 aromatic rings. The Balaban J connectivity index is 2.35. The summed E-state index contributed by atoms with van der Waals surface area (Å²) in [4.78, 5) is 12.9. The third kappa shape index (κ3) is 3.93. The van der Waals surface area contributed by atoms with Crippen LogP contribution in [0.2, 0.25) is 0 Å². The van der Waals surface area contributed by atoms with Gasteiger partial charge < -0.3 is 4.90 Å². The fourth-order valence-corrected chi connectivity index (χ4v) is 1.99. The molecule has 1 aliphatic rings. The van der Waals surface area contributed by atoms with Crippen molar-refractivity contribution in [3.63, 3.8) is 0 Å². The maximum Gasteiger partial charge on any atom is 0.402 e. The zero-order valence-electron chi connectivity index (χ0n) is 8.93. The van der Waals surface area contributed by atoms with Gasteiger partial charge in [-0.15, -0.1) is 0 Å². The Bertz CT molecular complexity index is 252. The first-order valence-electron chi connectivity index (χ1n) is 4.99. The second-order valence-corrected chi connectivity index (χ2v) is 4.92. The number of piperazine rings is 1. The molecule has 16 heavy (non-hydrogen) atoms. The van der Waals surface area contributed by atoms with Crippen molar-refractivity contribution in [3.05, 3.63) is 0 Å². The quantitative estimate of drug-likeness (QED) is 0.721. The molecule has 0 aliphatic carbocycles. The van der Waals surface area contributed by atoms with Crippen LogP contribution in [0.1, 0.15) is 6.92 Å². The molecule has 0 aromatic heterocycles. The predicted octanol–water partition coefficient (Wildman–Crippen LogP) is 1.48. The van der Waals surface area contributed by atoms with E-state index in [1.165, 1.54) is 6.92 Å². The van der Waals surface area contributed by atoms with E-state index in [2.05, 4.69) is 15.9 Å². The average Bonchev–Trinajstić information content (AvgIpc) is 2.17. The van der Waals surface area contributed by atoms with E-state index in [0.717, 1.165) is 0 Å². The van der Waals surface area contributed by atoms with Crippen LogP contribution in [0.15, 0.2) is 0 Å². The highest BCUT2D eigenvalue weighted by atomic mass is 79.9. The third-order valence-corrected chi connectivity index (χ3v) is 3.40. The lowest BCUT2D eigenvalue weighted by atomic mass is 10.3. The van der Waals surface area contributed by atoms with Crippen molar-refractivity contribution in [1.82, 2.24) is 9.80 Å². The highest BCUT2D eigenvalue weighted by Gasteiger charge is 2.39. The molecule has 0 bridgehead atoms. The highest BCUT2D eigenvalue weighted by Crippen LogP contribution is 2.27. The number of carbonyl (C=O) groups is 1. The Kier molecular flexibility index (Phi) is 4.61. The summed E-state index contributed by atoms with van der Waals surface area (Å²) in [6.45, 7) is 3.42. The van der Waals surface area contributed by atoms with Crippen LogP contribution in [0.3, 0.4) is 0 Å². The minimum absolute atomic E-state index is 0.0223. The number of alkyl halides is 4. The molecular weight excluding hydrogens is 289 g/mol. The van der Waals surface area contributed by atoms with Crippen molar-refractivity contribution in [3.8, 4) is 0 Å². The molecule has 1 aliphatic heterocycles. The van der Waals surface area contributed by atoms with E-state index in [4.69, 9.17) is 0 Å². The van der Waals surface area contributed by atoms with Crippen molar-refractivity contribution in [1.29, 1.82) is 0 Å². The summed E-state index contributed by atoms with van der Waals surface area (Å²) < 4.78 is 36.8. The summed E-state index contributed by atoms with van der Waals surface area (Å²) in [6.07, 6.45) is -4.21. The van der Waals surface area contributed by atoms with Crippen molar-refractivity contribution in [2.45, 2.75) is 17.9 Å². The fourth-order valence-electron chi connectivity index (χ4n) is 1.58. The normalized spacial score (nSPS) is 20.9. The van der Waals surface area contributed by atoms with E-state index in [-0.39, 0.29) is 12.5 Å². The molecule has 1 heterocycles. The van der Waals surface area contributed by atoms with Crippen LogP contribution in [0.25, 0.3) is 0 Å². The monoisotopic (exact) mass is 302 g/mol. The standard InChI is InChI=1S/C9H14BrF3N2O/c1-7(16)15-4-2-14(3-5-15)6-8(10)9(11,12)13/h8H,2-6H2,1H3. The van der Waals surface area contributed by atoms with Gasteiger partial charge in [0.1, 0.15) is 4.83 Å². The summed E-state index contributed by atoms with van der Waals surface area (Å²) in [5, 5.41) is 0. The number of hydrogen-bond donors (Lipinski definition) is 0. The summed E-state index contributed by atoms with van der Waals surface area (Å²) in [5.41, 5.74) is 0. The molecule has 0 spiro atoms. The van der Waals surface area contributed by atoms with E-state index >= 15 is 0 Å². The van der Waals surface area contributed by atoms with Gasteiger partial charge in [-0.25, -0.2) is 0 Å². The largest absolute Gasteiger partial charge is 0.402 e. The first-order valence-corrected chi connectivity index (χ1v) is 5.91. The second-order valence-electron chi connectivity index (χ2n) is 3.82. The van der Waals surface area contributed by atoms with Crippen LogP contribution in [0.5, 0.6) is 0 Å². The number of amides is 1. The van der Waals surface area contributed by atoms with E-state index < -0.39 is 11.0 Å². The molecule has 1 saturated heterocycles. The summed E-state index contributed by atoms with van der Waals surface area (Å²) >= 11 is 2.63. The predicted molar refractivity (Wildman–Crippen MR) is 57.5 cm³/mol. The summed E-state index contributed by atoms with van der Waals surface area (Å²) in [7, 11) is 0. The first kappa shape index (κ1) is 13.8. The highest BCUT2D eigenvalue weighted by molar-refractivity contribution is 9.09. The molecule has 1 fully saturated rings. The van der Waals surface area contributed by atoms with Gasteiger partial charge in [-0.2, -0.15) is 13.2 Å². The van der Waals surface area contributed by atoms with Gasteiger partial charge in [0, 0.05) is 39.6 Å². The Morgan fingerprint density at radius 2 is 1.81 bits per heavy atom. The SMILES string of the molecule is CC(=O)N1CCN(CC(Br)C(F)(F)F)CC1. The molecule has 94 valence electrons. The molecule has 3 nitrogen and oxygen atoms in total. The minimum atomic E-state index is -4.21. The fraction of sp³-hybridized carbons (Fsp3) is 0.889. The van der Waals surface area contributed by atoms with Crippen LogP contribution in [-0.4, -0.2) is 59.4 Å². The smallest absolute Gasteiger partial charge is 0.340 e. The number of rotatable bonds is 2. The summed E-state index contributed by atoms with van der Waals surface area (Å²) in [6, 6.07) is 0. The van der Waals surface area contributed by atoms with Gasteiger partial charge in [-0.1, -0.05) is 15.9 Å². The van der Waals surface area contributed by atoms with E-state index in [9.17, 15) is 18.0 Å². The van der Waals surface area contributed by atoms with Crippen LogP contribution in [0.4, 0.5) is 13.2 Å². The van der Waals surface area contributed by atoms with Crippen molar-refractivity contribution < 1.29 is 18.0 Å². The van der Waals surface area contributed by atoms with Gasteiger partial charge in [0.05, 0.1) is 0 Å². The van der Waals surface area contributed by atoms with Gasteiger partial charge in [0.15, 0.2) is 0 Å². The molecule has 1 unspecified atom stereocenters. The zero-order valence-corrected chi connectivity index (χ0v) is 10.5. The molecule has 0 aromatic carbocycles. The lowest BCUT2D eigenvalue weighted by Gasteiger charge is -2.35. The molecule has 0 N–H and O–H groups in total. The average molecular weight is 303 g/mol. The Morgan fingerprint density at radius 3 is 2.19 bits per heavy atom. The van der Waals surface area contributed by atoms with Crippen molar-refractivity contribution >= 4 is 21.8 Å². The van der Waals surface area contributed by atoms with Gasteiger partial charge in [0.2, 0.25) is 5.91 Å². The zero-order chi connectivity index (χ0) is 12.3. The molecule has 1 amide bonds. The number of halogens is 4. The number of hydrogen-bond acceptors (Lipinski definition) is 2. The number of nitrogens with zero attached hydrogens (tertiary/aromatic N) is 2. The van der Waals surface area contributed by atoms with Crippen LogP contribution < -0.4 is 0 Å². The Labute approximate surface area is 101 Å². The topological polar surface area (TPSA) is 23.6 Å². The maximum atomic E-state index is 12.3. The van der Waals surface area contributed by atoms with Crippen LogP contribution >= 0.6 is 15.9 Å². The van der Waals surface area contributed by atoms with Crippen molar-refractivity contribution in [2.75, 3.05) is 32.7 Å². The third-order valence-electron chi connectivity index (χ3n) is 2.59. The van der Waals surface area contributed by atoms with Crippen LogP contribution in [0, 0.1) is 0 Å². The lowest BCUT2D eigenvalue weighted by Crippen LogP contribution is -2.50. The van der Waals surface area contributed by atoms with Gasteiger partial charge in [-0.3, -0.25) is 9.69 Å². The first-order chi connectivity index (χ1) is 7.30. The maximum absolute atomic E-state index is 12.3.